The molecule has 180 valence electrons. The van der Waals surface area contributed by atoms with Crippen molar-refractivity contribution in [1.82, 2.24) is 10.2 Å². The molecule has 3 fully saturated rings. The summed E-state index contributed by atoms with van der Waals surface area (Å²) in [5, 5.41) is 3.08. The summed E-state index contributed by atoms with van der Waals surface area (Å²) in [6.07, 6.45) is 2.28. The van der Waals surface area contributed by atoms with Gasteiger partial charge in [0.25, 0.3) is 16.0 Å². The maximum Gasteiger partial charge on any atom is 0.294 e. The predicted octanol–water partition coefficient (Wildman–Crippen LogP) is 4.15. The predicted molar refractivity (Wildman–Crippen MR) is 126 cm³/mol. The van der Waals surface area contributed by atoms with E-state index in [2.05, 4.69) is 10.2 Å². The van der Waals surface area contributed by atoms with Crippen molar-refractivity contribution >= 4 is 16.0 Å². The second kappa shape index (κ2) is 10.1. The van der Waals surface area contributed by atoms with E-state index in [4.69, 9.17) is 8.97 Å². The zero-order valence-electron chi connectivity index (χ0n) is 18.8. The zero-order chi connectivity index (χ0) is 24.3. The van der Waals surface area contributed by atoms with Gasteiger partial charge in [-0.15, -0.1) is 0 Å². The molecule has 1 amide bonds. The van der Waals surface area contributed by atoms with Gasteiger partial charge in [-0.3, -0.25) is 9.35 Å². The highest BCUT2D eigenvalue weighted by Gasteiger charge is 2.35. The van der Waals surface area contributed by atoms with Crippen molar-refractivity contribution < 1.29 is 26.6 Å². The van der Waals surface area contributed by atoms with Crippen molar-refractivity contribution in [2.75, 3.05) is 19.6 Å². The molecule has 34 heavy (non-hydrogen) atoms. The molecule has 0 saturated carbocycles. The lowest BCUT2D eigenvalue weighted by Crippen LogP contribution is -2.57. The molecular weight excluding hydrogens is 459 g/mol. The number of carbonyl (C=O) groups is 1. The summed E-state index contributed by atoms with van der Waals surface area (Å²) in [4.78, 5) is 14.7. The SMILES string of the molecule is Cc1ccc(S(=O)(=O)O)cc1.O=C(N[C@H]1CN2CCC1CC2)c1ccc(-c2ccccc2F)o1. The van der Waals surface area contributed by atoms with Crippen molar-refractivity contribution in [3.8, 4) is 11.3 Å². The lowest BCUT2D eigenvalue weighted by molar-refractivity contribution is 0.0606. The van der Waals surface area contributed by atoms with Gasteiger partial charge >= 0.3 is 0 Å². The number of hydrogen-bond donors (Lipinski definition) is 2. The first-order valence-corrected chi connectivity index (χ1v) is 12.6. The Bertz CT molecular complexity index is 1250. The van der Waals surface area contributed by atoms with E-state index in [-0.39, 0.29) is 28.4 Å². The number of rotatable bonds is 4. The quantitative estimate of drug-likeness (QED) is 0.538. The van der Waals surface area contributed by atoms with Gasteiger partial charge < -0.3 is 14.6 Å². The standard InChI is InChI=1S/C18H19FN2O2.C7H8O3S/c19-14-4-2-1-3-13(14)16-5-6-17(23-16)18(22)20-15-11-21-9-7-12(15)8-10-21;1-6-2-4-7(5-3-6)11(8,9)10/h1-6,12,15H,7-11H2,(H,20,22);2-5H,1H3,(H,8,9,10)/t15-;/m0./s1. The topological polar surface area (TPSA) is 99.8 Å². The molecule has 2 aromatic carbocycles. The van der Waals surface area contributed by atoms with E-state index in [1.165, 1.54) is 18.2 Å². The third-order valence-electron chi connectivity index (χ3n) is 6.26. The monoisotopic (exact) mass is 486 g/mol. The highest BCUT2D eigenvalue weighted by molar-refractivity contribution is 7.85. The summed E-state index contributed by atoms with van der Waals surface area (Å²) in [5.74, 6) is 0.601. The molecule has 7 nitrogen and oxygen atoms in total. The Hall–Kier alpha value is -3.01. The van der Waals surface area contributed by atoms with Gasteiger partial charge in [0.05, 0.1) is 10.5 Å². The molecule has 1 atom stereocenters. The van der Waals surface area contributed by atoms with Gasteiger partial charge in [-0.05, 0) is 75.2 Å². The molecule has 4 heterocycles. The third kappa shape index (κ3) is 5.72. The van der Waals surface area contributed by atoms with Crippen LogP contribution in [0, 0.1) is 18.7 Å². The van der Waals surface area contributed by atoms with Gasteiger partial charge in [0.2, 0.25) is 0 Å². The molecule has 1 aromatic heterocycles. The van der Waals surface area contributed by atoms with Crippen LogP contribution in [0.3, 0.4) is 0 Å². The van der Waals surface area contributed by atoms with Crippen molar-refractivity contribution in [1.29, 1.82) is 0 Å². The number of hydrogen-bond acceptors (Lipinski definition) is 5. The van der Waals surface area contributed by atoms with Crippen LogP contribution in [0.2, 0.25) is 0 Å². The van der Waals surface area contributed by atoms with Crippen molar-refractivity contribution in [2.45, 2.75) is 30.7 Å². The van der Waals surface area contributed by atoms with Gasteiger partial charge in [0, 0.05) is 12.6 Å². The molecule has 3 aliphatic heterocycles. The Labute approximate surface area is 198 Å². The number of fused-ring (bicyclic) bond motifs is 3. The van der Waals surface area contributed by atoms with Gasteiger partial charge in [0.1, 0.15) is 11.6 Å². The normalized spacial score (nSPS) is 21.4. The van der Waals surface area contributed by atoms with Crippen LogP contribution in [0.4, 0.5) is 4.39 Å². The number of halogens is 1. The number of nitrogens with one attached hydrogen (secondary N) is 1. The number of furan rings is 1. The number of nitrogens with zero attached hydrogens (tertiary/aromatic N) is 1. The van der Waals surface area contributed by atoms with Crippen LogP contribution >= 0.6 is 0 Å². The second-order valence-corrected chi connectivity index (χ2v) is 10.1. The maximum absolute atomic E-state index is 13.8. The molecule has 0 spiro atoms. The molecule has 2 N–H and O–H groups in total. The molecule has 0 radical (unpaired) electrons. The van der Waals surface area contributed by atoms with Crippen LogP contribution in [0.1, 0.15) is 29.0 Å². The first-order valence-electron chi connectivity index (χ1n) is 11.1. The average Bonchev–Trinajstić information content (AvgIpc) is 3.31. The fourth-order valence-electron chi connectivity index (χ4n) is 4.34. The van der Waals surface area contributed by atoms with Crippen LogP contribution in [0.5, 0.6) is 0 Å². The molecule has 3 aliphatic rings. The van der Waals surface area contributed by atoms with Crippen LogP contribution in [-0.2, 0) is 10.1 Å². The van der Waals surface area contributed by atoms with E-state index in [0.29, 0.717) is 17.2 Å². The fraction of sp³-hybridized carbons (Fsp3) is 0.320. The highest BCUT2D eigenvalue weighted by atomic mass is 32.2. The molecule has 0 unspecified atom stereocenters. The van der Waals surface area contributed by atoms with Crippen molar-refractivity contribution in [2.24, 2.45) is 5.92 Å². The fourth-order valence-corrected chi connectivity index (χ4v) is 4.82. The number of piperidine rings is 3. The van der Waals surface area contributed by atoms with E-state index in [9.17, 15) is 17.6 Å². The van der Waals surface area contributed by atoms with Crippen molar-refractivity contribution in [3.05, 3.63) is 77.8 Å². The van der Waals surface area contributed by atoms with E-state index < -0.39 is 10.1 Å². The third-order valence-corrected chi connectivity index (χ3v) is 7.13. The molecule has 3 aromatic rings. The molecule has 9 heteroatoms. The Morgan fingerprint density at radius 3 is 2.32 bits per heavy atom. The Morgan fingerprint density at radius 1 is 1.06 bits per heavy atom. The van der Waals surface area contributed by atoms with E-state index >= 15 is 0 Å². The van der Waals surface area contributed by atoms with Crippen LogP contribution < -0.4 is 5.32 Å². The first-order chi connectivity index (χ1) is 16.2. The number of carbonyl (C=O) groups excluding carboxylic acids is 1. The van der Waals surface area contributed by atoms with E-state index in [0.717, 1.165) is 38.0 Å². The summed E-state index contributed by atoms with van der Waals surface area (Å²) in [7, 11) is -4.02. The summed E-state index contributed by atoms with van der Waals surface area (Å²) in [6.45, 7) is 5.02. The molecular formula is C25H27FN2O5S. The van der Waals surface area contributed by atoms with E-state index in [1.807, 2.05) is 6.92 Å². The lowest BCUT2D eigenvalue weighted by Gasteiger charge is -2.44. The summed E-state index contributed by atoms with van der Waals surface area (Å²) in [5.41, 5.74) is 1.33. The summed E-state index contributed by atoms with van der Waals surface area (Å²) in [6, 6.07) is 15.8. The van der Waals surface area contributed by atoms with Gasteiger partial charge in [-0.2, -0.15) is 8.42 Å². The minimum atomic E-state index is -4.02. The van der Waals surface area contributed by atoms with Gasteiger partial charge in [0.15, 0.2) is 5.76 Å². The first kappa shape index (κ1) is 24.1. The second-order valence-electron chi connectivity index (χ2n) is 8.65. The maximum atomic E-state index is 13.8. The van der Waals surface area contributed by atoms with E-state index in [1.54, 1.807) is 42.5 Å². The summed E-state index contributed by atoms with van der Waals surface area (Å²) >= 11 is 0. The highest BCUT2D eigenvalue weighted by Crippen LogP contribution is 2.28. The Balaban J connectivity index is 0.000000210. The largest absolute Gasteiger partial charge is 0.451 e. The Morgan fingerprint density at radius 2 is 1.74 bits per heavy atom. The minimum Gasteiger partial charge on any atom is -0.451 e. The van der Waals surface area contributed by atoms with Crippen LogP contribution in [-0.4, -0.2) is 49.5 Å². The Kier molecular flexibility index (Phi) is 7.16. The van der Waals surface area contributed by atoms with Gasteiger partial charge in [-0.25, -0.2) is 4.39 Å². The lowest BCUT2D eigenvalue weighted by atomic mass is 9.84. The van der Waals surface area contributed by atoms with Crippen LogP contribution in [0.25, 0.3) is 11.3 Å². The zero-order valence-corrected chi connectivity index (χ0v) is 19.6. The smallest absolute Gasteiger partial charge is 0.294 e. The average molecular weight is 487 g/mol. The number of aryl methyl sites for hydroxylation is 1. The number of benzene rings is 2. The molecule has 0 aliphatic carbocycles. The van der Waals surface area contributed by atoms with Crippen molar-refractivity contribution in [3.63, 3.8) is 0 Å². The van der Waals surface area contributed by atoms with Crippen LogP contribution in [0.15, 0.2) is 70.0 Å². The number of amides is 1. The molecule has 2 bridgehead atoms. The minimum absolute atomic E-state index is 0.0666. The molecule has 6 rings (SSSR count). The summed E-state index contributed by atoms with van der Waals surface area (Å²) < 4.78 is 48.9. The van der Waals surface area contributed by atoms with Gasteiger partial charge in [-0.1, -0.05) is 29.8 Å². The molecule has 3 saturated heterocycles.